The Kier molecular flexibility index (Phi) is 5.09. The molecule has 0 aliphatic rings. The van der Waals surface area contributed by atoms with E-state index in [1.54, 1.807) is 0 Å². The van der Waals surface area contributed by atoms with E-state index in [1.807, 2.05) is 24.3 Å². The lowest BCUT2D eigenvalue weighted by Crippen LogP contribution is -1.97. The van der Waals surface area contributed by atoms with E-state index < -0.39 is 0 Å². The second-order valence-corrected chi connectivity index (χ2v) is 3.62. The Morgan fingerprint density at radius 2 is 2.15 bits per heavy atom. The van der Waals surface area contributed by atoms with Crippen LogP contribution < -0.4 is 4.74 Å². The molecule has 1 rings (SSSR count). The molecule has 0 saturated carbocycles. The van der Waals surface area contributed by atoms with E-state index in [0.717, 1.165) is 31.0 Å². The van der Waals surface area contributed by atoms with Crippen molar-refractivity contribution in [1.82, 2.24) is 0 Å². The van der Waals surface area contributed by atoms with Gasteiger partial charge in [0.15, 0.2) is 0 Å². The van der Waals surface area contributed by atoms with Gasteiger partial charge in [-0.1, -0.05) is 17.7 Å². The van der Waals surface area contributed by atoms with Crippen molar-refractivity contribution in [3.63, 3.8) is 0 Å². The van der Waals surface area contributed by atoms with Crippen LogP contribution in [0.15, 0.2) is 24.3 Å². The molecule has 13 heavy (non-hydrogen) atoms. The van der Waals surface area contributed by atoms with Crippen molar-refractivity contribution in [1.29, 1.82) is 0 Å². The number of hydrogen-bond donors (Lipinski definition) is 1. The minimum atomic E-state index is 0.715. The number of hydrogen-bond acceptors (Lipinski definition) is 2. The van der Waals surface area contributed by atoms with Gasteiger partial charge < -0.3 is 4.74 Å². The van der Waals surface area contributed by atoms with Crippen LogP contribution in [-0.2, 0) is 0 Å². The molecule has 72 valence electrons. The smallest absolute Gasteiger partial charge is 0.120 e. The summed E-state index contributed by atoms with van der Waals surface area (Å²) in [6, 6.07) is 7.45. The summed E-state index contributed by atoms with van der Waals surface area (Å²) in [4.78, 5) is 0. The first-order valence-corrected chi connectivity index (χ1v) is 5.33. The molecule has 0 aliphatic heterocycles. The fraction of sp³-hybridized carbons (Fsp3) is 0.400. The lowest BCUT2D eigenvalue weighted by molar-refractivity contribution is 0.310. The van der Waals surface area contributed by atoms with E-state index in [-0.39, 0.29) is 0 Å². The standard InChI is InChI=1S/C10H13ClOS/c11-9-4-3-5-10(8-9)12-6-1-2-7-13/h3-5,8,13H,1-2,6-7H2. The van der Waals surface area contributed by atoms with E-state index in [4.69, 9.17) is 16.3 Å². The third-order valence-electron chi connectivity index (χ3n) is 1.62. The van der Waals surface area contributed by atoms with Crippen molar-refractivity contribution in [2.24, 2.45) is 0 Å². The molecule has 0 unspecified atom stereocenters. The van der Waals surface area contributed by atoms with Crippen LogP contribution in [-0.4, -0.2) is 12.4 Å². The van der Waals surface area contributed by atoms with Crippen LogP contribution in [0.25, 0.3) is 0 Å². The predicted octanol–water partition coefficient (Wildman–Crippen LogP) is 3.43. The van der Waals surface area contributed by atoms with E-state index in [9.17, 15) is 0 Å². The first kappa shape index (κ1) is 10.7. The summed E-state index contributed by atoms with van der Waals surface area (Å²) in [5.74, 6) is 1.76. The Balaban J connectivity index is 2.28. The molecule has 1 aromatic carbocycles. The van der Waals surface area contributed by atoms with Crippen LogP contribution >= 0.6 is 24.2 Å². The summed E-state index contributed by atoms with van der Waals surface area (Å²) in [7, 11) is 0. The molecule has 0 fully saturated rings. The maximum absolute atomic E-state index is 5.79. The molecule has 0 aromatic heterocycles. The Bertz CT molecular complexity index is 252. The molecule has 0 aliphatic carbocycles. The quantitative estimate of drug-likeness (QED) is 0.586. The second-order valence-electron chi connectivity index (χ2n) is 2.74. The molecule has 0 N–H and O–H groups in total. The molecule has 0 atom stereocenters. The summed E-state index contributed by atoms with van der Waals surface area (Å²) in [5.41, 5.74) is 0. The van der Waals surface area contributed by atoms with Crippen LogP contribution in [0.2, 0.25) is 5.02 Å². The van der Waals surface area contributed by atoms with Crippen LogP contribution in [0.1, 0.15) is 12.8 Å². The van der Waals surface area contributed by atoms with E-state index in [0.29, 0.717) is 5.02 Å². The lowest BCUT2D eigenvalue weighted by Gasteiger charge is -2.04. The van der Waals surface area contributed by atoms with Gasteiger partial charge in [-0.2, -0.15) is 12.6 Å². The average Bonchev–Trinajstić information content (AvgIpc) is 2.13. The van der Waals surface area contributed by atoms with Crippen molar-refractivity contribution in [2.75, 3.05) is 12.4 Å². The molecule has 0 spiro atoms. The summed E-state index contributed by atoms with van der Waals surface area (Å²) in [5, 5.41) is 0.715. The van der Waals surface area contributed by atoms with Crippen molar-refractivity contribution in [3.05, 3.63) is 29.3 Å². The number of unbranched alkanes of at least 4 members (excludes halogenated alkanes) is 1. The molecule has 0 bridgehead atoms. The minimum Gasteiger partial charge on any atom is -0.494 e. The van der Waals surface area contributed by atoms with Crippen LogP contribution in [0.4, 0.5) is 0 Å². The van der Waals surface area contributed by atoms with Crippen LogP contribution in [0, 0.1) is 0 Å². The van der Waals surface area contributed by atoms with Crippen molar-refractivity contribution in [3.8, 4) is 5.75 Å². The lowest BCUT2D eigenvalue weighted by atomic mass is 10.3. The van der Waals surface area contributed by atoms with Gasteiger partial charge in [0.05, 0.1) is 6.61 Å². The number of thiol groups is 1. The Morgan fingerprint density at radius 1 is 1.31 bits per heavy atom. The topological polar surface area (TPSA) is 9.23 Å². The van der Waals surface area contributed by atoms with Crippen molar-refractivity contribution in [2.45, 2.75) is 12.8 Å². The molecule has 0 heterocycles. The number of benzene rings is 1. The monoisotopic (exact) mass is 216 g/mol. The Hall–Kier alpha value is -0.340. The summed E-state index contributed by atoms with van der Waals surface area (Å²) >= 11 is 9.91. The zero-order chi connectivity index (χ0) is 9.52. The SMILES string of the molecule is SCCCCOc1cccc(Cl)c1. The molecular formula is C10H13ClOS. The van der Waals surface area contributed by atoms with Gasteiger partial charge in [-0.05, 0) is 36.8 Å². The highest BCUT2D eigenvalue weighted by Gasteiger charge is 1.93. The highest BCUT2D eigenvalue weighted by molar-refractivity contribution is 7.80. The van der Waals surface area contributed by atoms with Crippen LogP contribution in [0.5, 0.6) is 5.75 Å². The number of ether oxygens (including phenoxy) is 1. The number of halogens is 1. The van der Waals surface area contributed by atoms with Gasteiger partial charge in [0, 0.05) is 5.02 Å². The van der Waals surface area contributed by atoms with Gasteiger partial charge in [-0.3, -0.25) is 0 Å². The fourth-order valence-electron chi connectivity index (χ4n) is 0.961. The maximum atomic E-state index is 5.79. The van der Waals surface area contributed by atoms with Gasteiger partial charge in [-0.25, -0.2) is 0 Å². The molecule has 0 radical (unpaired) electrons. The molecule has 1 aromatic rings. The first-order valence-electron chi connectivity index (χ1n) is 4.32. The number of rotatable bonds is 5. The van der Waals surface area contributed by atoms with E-state index in [2.05, 4.69) is 12.6 Å². The summed E-state index contributed by atoms with van der Waals surface area (Å²) < 4.78 is 5.47. The molecule has 0 saturated heterocycles. The molecular weight excluding hydrogens is 204 g/mol. The van der Waals surface area contributed by atoms with Crippen molar-refractivity contribution < 1.29 is 4.74 Å². The Labute approximate surface area is 89.5 Å². The highest BCUT2D eigenvalue weighted by Crippen LogP contribution is 2.17. The molecule has 1 nitrogen and oxygen atoms in total. The minimum absolute atomic E-state index is 0.715. The Morgan fingerprint density at radius 3 is 2.85 bits per heavy atom. The fourth-order valence-corrected chi connectivity index (χ4v) is 1.36. The third kappa shape index (κ3) is 4.44. The van der Waals surface area contributed by atoms with Crippen LogP contribution in [0.3, 0.4) is 0 Å². The van der Waals surface area contributed by atoms with Gasteiger partial charge in [-0.15, -0.1) is 0 Å². The third-order valence-corrected chi connectivity index (χ3v) is 2.17. The normalized spacial score (nSPS) is 10.0. The molecule has 3 heteroatoms. The second kappa shape index (κ2) is 6.17. The molecule has 0 amide bonds. The van der Waals surface area contributed by atoms with E-state index in [1.165, 1.54) is 0 Å². The zero-order valence-electron chi connectivity index (χ0n) is 7.37. The maximum Gasteiger partial charge on any atom is 0.120 e. The predicted molar refractivity (Wildman–Crippen MR) is 60.0 cm³/mol. The van der Waals surface area contributed by atoms with Gasteiger partial charge >= 0.3 is 0 Å². The highest BCUT2D eigenvalue weighted by atomic mass is 35.5. The zero-order valence-corrected chi connectivity index (χ0v) is 9.02. The largest absolute Gasteiger partial charge is 0.494 e. The summed E-state index contributed by atoms with van der Waals surface area (Å²) in [6.45, 7) is 0.737. The van der Waals surface area contributed by atoms with Gasteiger partial charge in [0.25, 0.3) is 0 Å². The average molecular weight is 217 g/mol. The van der Waals surface area contributed by atoms with Gasteiger partial charge in [0.2, 0.25) is 0 Å². The first-order chi connectivity index (χ1) is 6.33. The van der Waals surface area contributed by atoms with Gasteiger partial charge in [0.1, 0.15) is 5.75 Å². The van der Waals surface area contributed by atoms with E-state index >= 15 is 0 Å². The summed E-state index contributed by atoms with van der Waals surface area (Å²) in [6.07, 6.45) is 2.12. The van der Waals surface area contributed by atoms with Crippen molar-refractivity contribution >= 4 is 24.2 Å².